The van der Waals surface area contributed by atoms with Gasteiger partial charge < -0.3 is 10.0 Å². The van der Waals surface area contributed by atoms with E-state index in [4.69, 9.17) is 0 Å². The maximum Gasteiger partial charge on any atom is 0.327 e. The molecule has 114 valence electrons. The molecule has 0 aliphatic carbocycles. The van der Waals surface area contributed by atoms with Gasteiger partial charge in [0.2, 0.25) is 0 Å². The highest BCUT2D eigenvalue weighted by Crippen LogP contribution is 2.30. The van der Waals surface area contributed by atoms with Crippen LogP contribution in [0.3, 0.4) is 0 Å². The molecular formula is C13H23N3O3S. The lowest BCUT2D eigenvalue weighted by molar-refractivity contribution is -0.141. The second kappa shape index (κ2) is 6.22. The van der Waals surface area contributed by atoms with E-state index in [9.17, 15) is 14.7 Å². The fraction of sp³-hybridized carbons (Fsp3) is 0.846. The molecule has 0 spiro atoms. The van der Waals surface area contributed by atoms with Gasteiger partial charge in [0, 0.05) is 31.4 Å². The Morgan fingerprint density at radius 1 is 1.30 bits per heavy atom. The van der Waals surface area contributed by atoms with Crippen molar-refractivity contribution in [3.63, 3.8) is 0 Å². The van der Waals surface area contributed by atoms with Crippen molar-refractivity contribution in [1.29, 1.82) is 0 Å². The number of nitrogens with zero attached hydrogens (tertiary/aromatic N) is 3. The maximum absolute atomic E-state index is 12.6. The summed E-state index contributed by atoms with van der Waals surface area (Å²) in [5.41, 5.74) is 0. The Kier molecular flexibility index (Phi) is 4.80. The molecule has 20 heavy (non-hydrogen) atoms. The molecule has 0 aromatic heterocycles. The van der Waals surface area contributed by atoms with Crippen LogP contribution < -0.4 is 0 Å². The molecular weight excluding hydrogens is 278 g/mol. The zero-order valence-electron chi connectivity index (χ0n) is 12.3. The number of hydrogen-bond acceptors (Lipinski definition) is 4. The van der Waals surface area contributed by atoms with Gasteiger partial charge in [0.15, 0.2) is 0 Å². The lowest BCUT2D eigenvalue weighted by Gasteiger charge is -2.41. The van der Waals surface area contributed by atoms with Crippen molar-refractivity contribution in [1.82, 2.24) is 14.7 Å². The molecule has 2 aliphatic rings. The Hall–Kier alpha value is -0.950. The number of likely N-dealkylation sites (N-methyl/N-ethyl adjacent to an activating group) is 1. The highest BCUT2D eigenvalue weighted by molar-refractivity contribution is 8.00. The van der Waals surface area contributed by atoms with Gasteiger partial charge in [-0.1, -0.05) is 6.92 Å². The number of carboxylic acids is 1. The van der Waals surface area contributed by atoms with E-state index in [-0.39, 0.29) is 11.4 Å². The monoisotopic (exact) mass is 301 g/mol. The fourth-order valence-electron chi connectivity index (χ4n) is 2.93. The Labute approximate surface area is 124 Å². The van der Waals surface area contributed by atoms with Crippen molar-refractivity contribution >= 4 is 23.8 Å². The SMILES string of the molecule is CCN1CCN(C(=O)N2C(C)SCC2C(=O)O)CC1C. The van der Waals surface area contributed by atoms with Crippen molar-refractivity contribution in [2.24, 2.45) is 0 Å². The van der Waals surface area contributed by atoms with Crippen LogP contribution in [-0.4, -0.2) is 81.2 Å². The number of carboxylic acid groups (broad SMARTS) is 1. The predicted octanol–water partition coefficient (Wildman–Crippen LogP) is 0.980. The third-order valence-corrected chi connectivity index (χ3v) is 5.39. The van der Waals surface area contributed by atoms with Gasteiger partial charge in [-0.15, -0.1) is 11.8 Å². The first kappa shape index (κ1) is 15.4. The van der Waals surface area contributed by atoms with E-state index in [1.165, 1.54) is 16.7 Å². The molecule has 2 heterocycles. The van der Waals surface area contributed by atoms with Crippen LogP contribution in [0.1, 0.15) is 20.8 Å². The molecule has 3 unspecified atom stereocenters. The minimum atomic E-state index is -0.907. The summed E-state index contributed by atoms with van der Waals surface area (Å²) >= 11 is 1.53. The topological polar surface area (TPSA) is 64.1 Å². The average Bonchev–Trinajstić information content (AvgIpc) is 2.80. The van der Waals surface area contributed by atoms with Crippen LogP contribution in [0.15, 0.2) is 0 Å². The second-order valence-corrected chi connectivity index (χ2v) is 6.75. The fourth-order valence-corrected chi connectivity index (χ4v) is 4.09. The largest absolute Gasteiger partial charge is 0.480 e. The van der Waals surface area contributed by atoms with Crippen LogP contribution in [0, 0.1) is 0 Å². The first-order chi connectivity index (χ1) is 9.45. The van der Waals surface area contributed by atoms with Gasteiger partial charge in [0.05, 0.1) is 5.37 Å². The van der Waals surface area contributed by atoms with E-state index >= 15 is 0 Å². The minimum absolute atomic E-state index is 0.0666. The van der Waals surface area contributed by atoms with Gasteiger partial charge in [-0.05, 0) is 20.4 Å². The summed E-state index contributed by atoms with van der Waals surface area (Å²) in [6, 6.07) is -0.494. The molecule has 0 aromatic rings. The molecule has 3 atom stereocenters. The smallest absolute Gasteiger partial charge is 0.327 e. The van der Waals surface area contributed by atoms with Crippen LogP contribution in [0.4, 0.5) is 4.79 Å². The number of piperazine rings is 1. The number of aliphatic carboxylic acids is 1. The summed E-state index contributed by atoms with van der Waals surface area (Å²) in [4.78, 5) is 29.6. The highest BCUT2D eigenvalue weighted by atomic mass is 32.2. The maximum atomic E-state index is 12.6. The first-order valence-corrected chi connectivity index (χ1v) is 8.16. The summed E-state index contributed by atoms with van der Waals surface area (Å²) in [5, 5.41) is 9.18. The van der Waals surface area contributed by atoms with Crippen LogP contribution in [0.25, 0.3) is 0 Å². The number of amides is 2. The van der Waals surface area contributed by atoms with Gasteiger partial charge >= 0.3 is 12.0 Å². The van der Waals surface area contributed by atoms with Gasteiger partial charge in [0.25, 0.3) is 0 Å². The average molecular weight is 301 g/mol. The summed E-state index contributed by atoms with van der Waals surface area (Å²) in [7, 11) is 0. The standard InChI is InChI=1S/C13H23N3O3S/c1-4-14-5-6-15(7-9(14)2)13(19)16-10(3)20-8-11(16)12(17)18/h9-11H,4-8H2,1-3H3,(H,17,18). The molecule has 0 radical (unpaired) electrons. The highest BCUT2D eigenvalue weighted by Gasteiger charge is 2.42. The Morgan fingerprint density at radius 3 is 2.55 bits per heavy atom. The van der Waals surface area contributed by atoms with Crippen LogP contribution in [0.5, 0.6) is 0 Å². The number of carbonyl (C=O) groups is 2. The molecule has 2 rings (SSSR count). The van der Waals surface area contributed by atoms with Crippen molar-refractivity contribution in [3.05, 3.63) is 0 Å². The van der Waals surface area contributed by atoms with E-state index in [2.05, 4.69) is 18.7 Å². The molecule has 2 saturated heterocycles. The molecule has 2 fully saturated rings. The Bertz CT molecular complexity index is 393. The zero-order valence-corrected chi connectivity index (χ0v) is 13.1. The molecule has 1 N–H and O–H groups in total. The van der Waals surface area contributed by atoms with Gasteiger partial charge in [0.1, 0.15) is 6.04 Å². The molecule has 2 amide bonds. The number of rotatable bonds is 2. The number of urea groups is 1. The number of thioether (sulfide) groups is 1. The summed E-state index contributed by atoms with van der Waals surface area (Å²) < 4.78 is 0. The summed E-state index contributed by atoms with van der Waals surface area (Å²) in [6.07, 6.45) is 0. The third-order valence-electron chi connectivity index (χ3n) is 4.17. The van der Waals surface area contributed by atoms with Crippen molar-refractivity contribution in [2.45, 2.75) is 38.2 Å². The lowest BCUT2D eigenvalue weighted by Crippen LogP contribution is -2.58. The van der Waals surface area contributed by atoms with Crippen LogP contribution in [-0.2, 0) is 4.79 Å². The molecule has 7 heteroatoms. The Balaban J connectivity index is 2.05. The molecule has 6 nitrogen and oxygen atoms in total. The zero-order chi connectivity index (χ0) is 14.9. The van der Waals surface area contributed by atoms with Crippen molar-refractivity contribution in [3.8, 4) is 0 Å². The van der Waals surface area contributed by atoms with E-state index in [0.717, 1.165) is 13.1 Å². The van der Waals surface area contributed by atoms with E-state index in [0.29, 0.717) is 24.9 Å². The summed E-state index contributed by atoms with van der Waals surface area (Å²) in [6.45, 7) is 9.32. The minimum Gasteiger partial charge on any atom is -0.480 e. The lowest BCUT2D eigenvalue weighted by atomic mass is 10.2. The van der Waals surface area contributed by atoms with Crippen molar-refractivity contribution < 1.29 is 14.7 Å². The normalized spacial score (nSPS) is 31.6. The van der Waals surface area contributed by atoms with Crippen molar-refractivity contribution in [2.75, 3.05) is 31.9 Å². The predicted molar refractivity (Wildman–Crippen MR) is 78.9 cm³/mol. The summed E-state index contributed by atoms with van der Waals surface area (Å²) in [5.74, 6) is -0.428. The van der Waals surface area contributed by atoms with Crippen LogP contribution in [0.2, 0.25) is 0 Å². The van der Waals surface area contributed by atoms with Gasteiger partial charge in [-0.25, -0.2) is 9.59 Å². The van der Waals surface area contributed by atoms with Gasteiger partial charge in [-0.2, -0.15) is 0 Å². The number of hydrogen-bond donors (Lipinski definition) is 1. The number of carbonyl (C=O) groups excluding carboxylic acids is 1. The quantitative estimate of drug-likeness (QED) is 0.824. The van der Waals surface area contributed by atoms with Gasteiger partial charge in [-0.3, -0.25) is 9.80 Å². The Morgan fingerprint density at radius 2 is 2.00 bits per heavy atom. The molecule has 2 aliphatic heterocycles. The molecule has 0 aromatic carbocycles. The van der Waals surface area contributed by atoms with E-state index in [1.807, 2.05) is 6.92 Å². The first-order valence-electron chi connectivity index (χ1n) is 7.11. The third kappa shape index (κ3) is 2.88. The second-order valence-electron chi connectivity index (χ2n) is 5.40. The van der Waals surface area contributed by atoms with E-state index < -0.39 is 12.0 Å². The molecule has 0 saturated carbocycles. The molecule has 0 bridgehead atoms. The van der Waals surface area contributed by atoms with E-state index in [1.54, 1.807) is 4.90 Å². The van der Waals surface area contributed by atoms with Crippen LogP contribution >= 0.6 is 11.8 Å².